The predicted octanol–water partition coefficient (Wildman–Crippen LogP) is 1.84. The van der Waals surface area contributed by atoms with E-state index in [0.717, 1.165) is 16.7 Å². The number of hydrogen-bond acceptors (Lipinski definition) is 3. The number of benzene rings is 1. The Morgan fingerprint density at radius 2 is 2.00 bits per heavy atom. The molecule has 0 aromatic heterocycles. The third kappa shape index (κ3) is 1.19. The lowest BCUT2D eigenvalue weighted by Crippen LogP contribution is -2.19. The highest BCUT2D eigenvalue weighted by molar-refractivity contribution is 9.08. The van der Waals surface area contributed by atoms with Crippen molar-refractivity contribution in [1.82, 2.24) is 5.53 Å². The molecule has 0 fully saturated rings. The quantitative estimate of drug-likeness (QED) is 0.624. The summed E-state index contributed by atoms with van der Waals surface area (Å²) in [6, 6.07) is 6.21. The van der Waals surface area contributed by atoms with Crippen LogP contribution in [0.2, 0.25) is 0 Å². The Balaban J connectivity index is 2.41. The van der Waals surface area contributed by atoms with E-state index in [-0.39, 0.29) is 0 Å². The first-order chi connectivity index (χ1) is 5.40. The van der Waals surface area contributed by atoms with Gasteiger partial charge in [-0.1, -0.05) is 22.0 Å². The molecule has 3 nitrogen and oxygen atoms in total. The molecule has 58 valence electrons. The molecule has 3 N–H and O–H groups in total. The zero-order valence-corrected chi connectivity index (χ0v) is 7.40. The number of rotatable bonds is 1. The third-order valence-electron chi connectivity index (χ3n) is 1.63. The summed E-state index contributed by atoms with van der Waals surface area (Å²) in [5.41, 5.74) is 12.2. The molecule has 4 heteroatoms. The molecule has 1 heterocycles. The van der Waals surface area contributed by atoms with E-state index in [9.17, 15) is 0 Å². The van der Waals surface area contributed by atoms with Crippen LogP contribution in [0.3, 0.4) is 0 Å². The molecule has 0 unspecified atom stereocenters. The highest BCUT2D eigenvalue weighted by atomic mass is 79.9. The minimum Gasteiger partial charge on any atom is -0.302 e. The van der Waals surface area contributed by atoms with Gasteiger partial charge in [0.05, 0.1) is 11.4 Å². The number of halogens is 1. The molecular weight excluding hydrogens is 206 g/mol. The monoisotopic (exact) mass is 213 g/mol. The van der Waals surface area contributed by atoms with E-state index < -0.39 is 0 Å². The number of anilines is 2. The maximum Gasteiger partial charge on any atom is 0.0753 e. The van der Waals surface area contributed by atoms with Crippen LogP contribution in [0.4, 0.5) is 11.4 Å². The summed E-state index contributed by atoms with van der Waals surface area (Å²) in [6.45, 7) is 0. The van der Waals surface area contributed by atoms with E-state index in [4.69, 9.17) is 0 Å². The summed E-state index contributed by atoms with van der Waals surface area (Å²) < 4.78 is 0. The number of hydrazine groups is 2. The van der Waals surface area contributed by atoms with Crippen molar-refractivity contribution in [2.24, 2.45) is 0 Å². The average molecular weight is 214 g/mol. The molecule has 0 saturated carbocycles. The van der Waals surface area contributed by atoms with Gasteiger partial charge in [0.25, 0.3) is 0 Å². The summed E-state index contributed by atoms with van der Waals surface area (Å²) in [7, 11) is 0. The molecular formula is C7H8BrN3. The van der Waals surface area contributed by atoms with Gasteiger partial charge in [-0.2, -0.15) is 0 Å². The van der Waals surface area contributed by atoms with E-state index in [0.29, 0.717) is 0 Å². The van der Waals surface area contributed by atoms with Crippen molar-refractivity contribution >= 4 is 27.3 Å². The Morgan fingerprint density at radius 3 is 2.82 bits per heavy atom. The number of alkyl halides is 1. The van der Waals surface area contributed by atoms with Crippen LogP contribution < -0.4 is 16.4 Å². The summed E-state index contributed by atoms with van der Waals surface area (Å²) in [5, 5.41) is 0.891. The first-order valence-corrected chi connectivity index (χ1v) is 4.48. The summed E-state index contributed by atoms with van der Waals surface area (Å²) in [6.07, 6.45) is 0. The minimum atomic E-state index is 0.891. The Labute approximate surface area is 73.2 Å². The van der Waals surface area contributed by atoms with Crippen molar-refractivity contribution < 1.29 is 0 Å². The molecule has 11 heavy (non-hydrogen) atoms. The topological polar surface area (TPSA) is 36.1 Å². The molecule has 0 saturated heterocycles. The predicted molar refractivity (Wildman–Crippen MR) is 49.5 cm³/mol. The number of fused-ring (bicyclic) bond motifs is 1. The van der Waals surface area contributed by atoms with Crippen molar-refractivity contribution in [3.8, 4) is 0 Å². The lowest BCUT2D eigenvalue weighted by atomic mass is 10.2. The van der Waals surface area contributed by atoms with E-state index in [2.05, 4.69) is 44.4 Å². The Bertz CT molecular complexity index is 274. The lowest BCUT2D eigenvalue weighted by Gasteiger charge is -1.98. The van der Waals surface area contributed by atoms with Crippen LogP contribution >= 0.6 is 15.9 Å². The molecule has 1 aromatic rings. The first kappa shape index (κ1) is 6.94. The molecule has 0 bridgehead atoms. The van der Waals surface area contributed by atoms with Crippen LogP contribution in [0.25, 0.3) is 0 Å². The van der Waals surface area contributed by atoms with Crippen molar-refractivity contribution in [3.05, 3.63) is 23.8 Å². The van der Waals surface area contributed by atoms with Crippen LogP contribution in [-0.4, -0.2) is 0 Å². The maximum absolute atomic E-state index is 3.40. The van der Waals surface area contributed by atoms with Gasteiger partial charge < -0.3 is 10.9 Å². The SMILES string of the molecule is BrCc1ccc2c(c1)NNN2. The maximum atomic E-state index is 3.40. The van der Waals surface area contributed by atoms with Gasteiger partial charge in [0.2, 0.25) is 0 Å². The first-order valence-electron chi connectivity index (χ1n) is 3.36. The summed E-state index contributed by atoms with van der Waals surface area (Å²) in [4.78, 5) is 0. The molecule has 0 spiro atoms. The van der Waals surface area contributed by atoms with E-state index >= 15 is 0 Å². The third-order valence-corrected chi connectivity index (χ3v) is 2.28. The van der Waals surface area contributed by atoms with Crippen LogP contribution in [0.5, 0.6) is 0 Å². The highest BCUT2D eigenvalue weighted by Crippen LogP contribution is 2.25. The Hall–Kier alpha value is -0.740. The van der Waals surface area contributed by atoms with Crippen LogP contribution in [0.15, 0.2) is 18.2 Å². The van der Waals surface area contributed by atoms with Gasteiger partial charge in [-0.3, -0.25) is 0 Å². The molecule has 1 aliphatic rings. The smallest absolute Gasteiger partial charge is 0.0753 e. The fourth-order valence-electron chi connectivity index (χ4n) is 1.05. The molecule has 0 atom stereocenters. The average Bonchev–Trinajstić information content (AvgIpc) is 2.50. The van der Waals surface area contributed by atoms with E-state index in [1.54, 1.807) is 0 Å². The molecule has 0 aliphatic carbocycles. The lowest BCUT2D eigenvalue weighted by molar-refractivity contribution is 1.01. The number of hydrogen-bond donors (Lipinski definition) is 3. The van der Waals surface area contributed by atoms with Crippen molar-refractivity contribution in [2.45, 2.75) is 5.33 Å². The second-order valence-corrected chi connectivity index (χ2v) is 2.95. The normalized spacial score (nSPS) is 13.5. The Morgan fingerprint density at radius 1 is 1.18 bits per heavy atom. The van der Waals surface area contributed by atoms with Gasteiger partial charge >= 0.3 is 0 Å². The van der Waals surface area contributed by atoms with Crippen LogP contribution in [0.1, 0.15) is 5.56 Å². The van der Waals surface area contributed by atoms with E-state index in [1.807, 2.05) is 6.07 Å². The summed E-state index contributed by atoms with van der Waals surface area (Å²) >= 11 is 3.40. The van der Waals surface area contributed by atoms with Crippen LogP contribution in [-0.2, 0) is 5.33 Å². The van der Waals surface area contributed by atoms with Crippen molar-refractivity contribution in [3.63, 3.8) is 0 Å². The van der Waals surface area contributed by atoms with Gasteiger partial charge in [-0.05, 0) is 17.7 Å². The van der Waals surface area contributed by atoms with Crippen LogP contribution in [0, 0.1) is 0 Å². The molecule has 0 amide bonds. The minimum absolute atomic E-state index is 0.891. The van der Waals surface area contributed by atoms with Gasteiger partial charge in [0, 0.05) is 5.33 Å². The standard InChI is InChI=1S/C7H8BrN3/c8-4-5-1-2-6-7(3-5)10-11-9-6/h1-3,9-11H,4H2. The van der Waals surface area contributed by atoms with Gasteiger partial charge in [0.1, 0.15) is 0 Å². The molecule has 1 aromatic carbocycles. The second kappa shape index (κ2) is 2.71. The van der Waals surface area contributed by atoms with Gasteiger partial charge in [0.15, 0.2) is 0 Å². The number of nitrogens with one attached hydrogen (secondary N) is 3. The molecule has 1 aliphatic heterocycles. The van der Waals surface area contributed by atoms with E-state index in [1.165, 1.54) is 5.56 Å². The van der Waals surface area contributed by atoms with Gasteiger partial charge in [-0.25, -0.2) is 0 Å². The summed E-state index contributed by atoms with van der Waals surface area (Å²) in [5.74, 6) is 0. The largest absolute Gasteiger partial charge is 0.302 e. The Kier molecular flexibility index (Phi) is 1.71. The molecule has 0 radical (unpaired) electrons. The highest BCUT2D eigenvalue weighted by Gasteiger charge is 2.07. The fourth-order valence-corrected chi connectivity index (χ4v) is 1.40. The fraction of sp³-hybridized carbons (Fsp3) is 0.143. The van der Waals surface area contributed by atoms with Gasteiger partial charge in [-0.15, -0.1) is 5.53 Å². The second-order valence-electron chi connectivity index (χ2n) is 2.39. The van der Waals surface area contributed by atoms with Crippen molar-refractivity contribution in [2.75, 3.05) is 10.9 Å². The zero-order valence-electron chi connectivity index (χ0n) is 5.82. The van der Waals surface area contributed by atoms with Crippen molar-refractivity contribution in [1.29, 1.82) is 0 Å². The molecule has 2 rings (SSSR count). The zero-order chi connectivity index (χ0) is 7.68.